The van der Waals surface area contributed by atoms with Crippen LogP contribution in [0.15, 0.2) is 0 Å². The maximum absolute atomic E-state index is 10.2. The van der Waals surface area contributed by atoms with E-state index < -0.39 is 216 Å². The topological polar surface area (TPSA) is 393 Å². The lowest BCUT2D eigenvalue weighted by molar-refractivity contribution is 0.124. The van der Waals surface area contributed by atoms with Gasteiger partial charge in [-0.1, -0.05) is 0 Å². The standard InChI is InChI=1S/C21H64O13Si12.2C10H32O8Si6.C4H12O2Si.2H2O/c1-35-22-37(5,6)29-45(20,24-36(2,3)4)34-44(19,23-35)30-40(11,12)25-38(7,8)26-41(13,14)31-46(21)32-42(15,16)27-39(9,10)28-43(17,18)33-46;2*1-19(2,11)13-23(9)16-21(5,6)15-22(7,8)17-24(10,18-23)14-20(3,4)12;1-5-7(3,4)6-2;;/h35H,1-21H3;2*11-12H,1-10H3;1-4H3;2*1H2. The van der Waals surface area contributed by atoms with Crippen LogP contribution in [-0.4, -0.2) is 261 Å². The van der Waals surface area contributed by atoms with Crippen LogP contribution < -0.4 is 0 Å². The third-order valence-electron chi connectivity index (χ3n) is 12.0. The SMILES string of the molecule is CO[Si](C)(C)OC.C[SiH]1O[Si](C)(C)O[Si](C)(O[Si](C)(C)C)O[Si](C)(O[Si](C)(C)O[Si](C)(C)O[Si](C)(C)O[Si]2(C)O[Si](C)(C)O[Si](C)(C)O[Si](C)(C)O2)O1.C[Si](C)(O)O[Si]1(C)O[Si](C)(C)O[Si](C)(C)O[Si](C)(O[Si](C)(C)O)O1.C[Si](C)(O)O[Si]1(C)O[Si](C)(C)O[Si](C)(C)O[Si](C)(O[Si](C)(C)O)O1.O.O. The second-order valence-electron chi connectivity index (χ2n) is 34.3. The van der Waals surface area contributed by atoms with Gasteiger partial charge in [0.2, 0.25) is 0 Å². The molecule has 33 nitrogen and oxygen atoms in total. The van der Waals surface area contributed by atoms with Crippen LogP contribution >= 0.6 is 0 Å². The molecule has 0 radical (unpaired) electrons. The Labute approximate surface area is 648 Å². The molecule has 0 aromatic rings. The fourth-order valence-electron chi connectivity index (χ4n) is 12.4. The minimum Gasteiger partial charge on any atom is -0.418 e. The van der Waals surface area contributed by atoms with Crippen LogP contribution in [-0.2, 0) is 112 Å². The quantitative estimate of drug-likeness (QED) is 0.0823. The van der Waals surface area contributed by atoms with Gasteiger partial charge in [0.15, 0.2) is 8.32 Å². The lowest BCUT2D eigenvalue weighted by Gasteiger charge is -2.49. The summed E-state index contributed by atoms with van der Waals surface area (Å²) in [6, 6.07) is 0. The third-order valence-corrected chi connectivity index (χ3v) is 102. The Hall–Kier alpha value is 4.10. The summed E-state index contributed by atoms with van der Waals surface area (Å²) in [5, 5.41) is 0. The van der Waals surface area contributed by atoms with Gasteiger partial charge in [-0.15, -0.1) is 0 Å². The van der Waals surface area contributed by atoms with Crippen molar-refractivity contribution < 1.29 is 142 Å². The predicted molar refractivity (Wildman–Crippen MR) is 455 cm³/mol. The summed E-state index contributed by atoms with van der Waals surface area (Å²) in [5.41, 5.74) is 0. The smallest absolute Gasteiger partial charge is 0.418 e. The van der Waals surface area contributed by atoms with Gasteiger partial charge >= 0.3 is 208 Å². The van der Waals surface area contributed by atoms with Gasteiger partial charge < -0.3 is 142 Å². The lowest BCUT2D eigenvalue weighted by atomic mass is 11.8. The van der Waals surface area contributed by atoms with Crippen molar-refractivity contribution in [1.29, 1.82) is 0 Å². The molecule has 4 heterocycles. The van der Waals surface area contributed by atoms with E-state index in [0.717, 1.165) is 0 Å². The molecular formula is C45H144O33Si25. The highest BCUT2D eigenvalue weighted by Crippen LogP contribution is 2.39. The summed E-state index contributed by atoms with van der Waals surface area (Å²) in [4.78, 5) is 41.0. The van der Waals surface area contributed by atoms with Crippen molar-refractivity contribution >= 4 is 216 Å². The molecule has 103 heavy (non-hydrogen) atoms. The average molecular weight is 1920 g/mol. The zero-order valence-corrected chi connectivity index (χ0v) is 96.5. The maximum Gasteiger partial charge on any atom is 0.472 e. The van der Waals surface area contributed by atoms with Crippen molar-refractivity contribution in [3.8, 4) is 0 Å². The van der Waals surface area contributed by atoms with Crippen LogP contribution in [0.2, 0.25) is 282 Å². The fraction of sp³-hybridized carbons (Fsp3) is 1.00. The summed E-state index contributed by atoms with van der Waals surface area (Å²) in [6.07, 6.45) is 0. The monoisotopic (exact) mass is 1910 g/mol. The lowest BCUT2D eigenvalue weighted by Crippen LogP contribution is -2.70. The fourth-order valence-corrected chi connectivity index (χ4v) is 124. The van der Waals surface area contributed by atoms with E-state index in [-0.39, 0.29) is 11.0 Å². The van der Waals surface area contributed by atoms with Gasteiger partial charge in [0.1, 0.15) is 0 Å². The molecule has 0 aromatic heterocycles. The largest absolute Gasteiger partial charge is 0.472 e. The molecule has 0 saturated carbocycles. The molecule has 4 saturated heterocycles. The van der Waals surface area contributed by atoms with Crippen molar-refractivity contribution in [2.24, 2.45) is 0 Å². The molecule has 0 spiro atoms. The van der Waals surface area contributed by atoms with Crippen molar-refractivity contribution in [1.82, 2.24) is 0 Å². The van der Waals surface area contributed by atoms with E-state index in [2.05, 4.69) is 19.6 Å². The molecule has 58 heteroatoms. The summed E-state index contributed by atoms with van der Waals surface area (Å²) < 4.78 is 170. The van der Waals surface area contributed by atoms with Gasteiger partial charge in [-0.3, -0.25) is 0 Å². The first-order valence-electron chi connectivity index (χ1n) is 34.0. The normalized spacial score (nSPS) is 31.3. The van der Waals surface area contributed by atoms with Crippen molar-refractivity contribution in [3.05, 3.63) is 0 Å². The molecule has 0 amide bonds. The molecular weight excluding hydrogens is 1770 g/mol. The Morgan fingerprint density at radius 1 is 0.233 bits per heavy atom. The van der Waals surface area contributed by atoms with Gasteiger partial charge in [-0.05, 0) is 236 Å². The molecule has 4 rings (SSSR count). The Morgan fingerprint density at radius 2 is 0.427 bits per heavy atom. The number of hydrogen-bond acceptors (Lipinski definition) is 31. The molecule has 4 aliphatic rings. The molecule has 0 aromatic carbocycles. The maximum atomic E-state index is 10.2. The summed E-state index contributed by atoms with van der Waals surface area (Å²) in [7, 11) is -66.4. The van der Waals surface area contributed by atoms with Gasteiger partial charge in [0.25, 0.3) is 0 Å². The molecule has 7 unspecified atom stereocenters. The van der Waals surface area contributed by atoms with Crippen LogP contribution in [0.1, 0.15) is 0 Å². The number of hydrogen-bond donors (Lipinski definition) is 4. The predicted octanol–water partition coefficient (Wildman–Crippen LogP) is 9.92. The zero-order valence-electron chi connectivity index (χ0n) is 71.4. The van der Waals surface area contributed by atoms with Crippen LogP contribution in [0, 0.1) is 0 Å². The summed E-state index contributed by atoms with van der Waals surface area (Å²) >= 11 is 0. The minimum absolute atomic E-state index is 0. The van der Waals surface area contributed by atoms with E-state index in [4.69, 9.17) is 112 Å². The van der Waals surface area contributed by atoms with Gasteiger partial charge in [0.05, 0.1) is 0 Å². The first-order chi connectivity index (χ1) is 43.5. The van der Waals surface area contributed by atoms with Crippen molar-refractivity contribution in [2.45, 2.75) is 282 Å². The number of rotatable bonds is 20. The van der Waals surface area contributed by atoms with Crippen molar-refractivity contribution in [3.63, 3.8) is 0 Å². The van der Waals surface area contributed by atoms with E-state index in [0.29, 0.717) is 0 Å². The van der Waals surface area contributed by atoms with Crippen LogP contribution in [0.4, 0.5) is 0 Å². The average Bonchev–Trinajstić information content (AvgIpc) is 0.784. The Kier molecular flexibility index (Phi) is 39.2. The Balaban J connectivity index is 0. The highest BCUT2D eigenvalue weighted by Gasteiger charge is 2.64. The molecule has 4 aliphatic heterocycles. The minimum atomic E-state index is -3.35. The Morgan fingerprint density at radius 3 is 0.641 bits per heavy atom. The van der Waals surface area contributed by atoms with Gasteiger partial charge in [-0.2, -0.15) is 0 Å². The molecule has 8 N–H and O–H groups in total. The second-order valence-corrected chi connectivity index (χ2v) is 118. The highest BCUT2D eigenvalue weighted by atomic mass is 28.6. The molecule has 7 atom stereocenters. The molecule has 0 bridgehead atoms. The van der Waals surface area contributed by atoms with E-state index in [1.807, 2.05) is 183 Å². The van der Waals surface area contributed by atoms with E-state index in [1.165, 1.54) is 0 Å². The second kappa shape index (κ2) is 36.9. The van der Waals surface area contributed by atoms with E-state index >= 15 is 0 Å². The molecule has 4 fully saturated rings. The van der Waals surface area contributed by atoms with Crippen molar-refractivity contribution in [2.75, 3.05) is 14.2 Å². The van der Waals surface area contributed by atoms with Crippen LogP contribution in [0.5, 0.6) is 0 Å². The first-order valence-corrected chi connectivity index (χ1v) is 100. The summed E-state index contributed by atoms with van der Waals surface area (Å²) in [5.74, 6) is 0. The van der Waals surface area contributed by atoms with Crippen LogP contribution in [0.3, 0.4) is 0 Å². The van der Waals surface area contributed by atoms with Gasteiger partial charge in [-0.25, -0.2) is 0 Å². The first kappa shape index (κ1) is 109. The van der Waals surface area contributed by atoms with E-state index in [9.17, 15) is 19.2 Å². The van der Waals surface area contributed by atoms with E-state index in [1.54, 1.807) is 92.8 Å². The summed E-state index contributed by atoms with van der Waals surface area (Å²) in [6.45, 7) is 81.6. The Bertz CT molecular complexity index is 2460. The zero-order chi connectivity index (χ0) is 80.7. The third kappa shape index (κ3) is 46.0. The molecule has 622 valence electrons. The van der Waals surface area contributed by atoms with Crippen LogP contribution in [0.25, 0.3) is 0 Å². The molecule has 0 aliphatic carbocycles. The highest BCUT2D eigenvalue weighted by molar-refractivity contribution is 6.98. The van der Waals surface area contributed by atoms with Gasteiger partial charge in [0, 0.05) is 60.0 Å².